The number of carbonyl (C=O) groups is 2. The van der Waals surface area contributed by atoms with Gasteiger partial charge in [0.1, 0.15) is 6.61 Å². The van der Waals surface area contributed by atoms with Gasteiger partial charge in [0.15, 0.2) is 0 Å². The maximum absolute atomic E-state index is 11.4. The number of benzene rings is 1. The van der Waals surface area contributed by atoms with Gasteiger partial charge in [-0.3, -0.25) is 9.59 Å². The van der Waals surface area contributed by atoms with E-state index in [1.54, 1.807) is 6.07 Å². The van der Waals surface area contributed by atoms with Crippen molar-refractivity contribution in [1.82, 2.24) is 0 Å². The minimum Gasteiger partial charge on any atom is -0.461 e. The fourth-order valence-corrected chi connectivity index (χ4v) is 1.36. The Balaban J connectivity index is 2.99. The summed E-state index contributed by atoms with van der Waals surface area (Å²) in [5.41, 5.74) is 9.25. The fraction of sp³-hybridized carbons (Fsp3) is 0.273. The summed E-state index contributed by atoms with van der Waals surface area (Å²) in [6.45, 7) is 0.959. The molecule has 0 atom stereocenters. The van der Waals surface area contributed by atoms with E-state index in [4.69, 9.17) is 15.4 Å². The van der Waals surface area contributed by atoms with E-state index in [0.717, 1.165) is 0 Å². The molecule has 0 spiro atoms. The largest absolute Gasteiger partial charge is 0.461 e. The summed E-state index contributed by atoms with van der Waals surface area (Å²) in [6.07, 6.45) is 0. The molecule has 0 aliphatic carbocycles. The van der Waals surface area contributed by atoms with Crippen LogP contribution in [0.3, 0.4) is 0 Å². The van der Waals surface area contributed by atoms with Crippen molar-refractivity contribution in [3.8, 4) is 0 Å². The molecule has 0 radical (unpaired) electrons. The standard InChI is InChI=1S/C11H11N3O4/c1-7(16)18-6-8-2-3-10(9(4-8)5-15)11(17)13-14-12/h2-4,15H,5-6H2,1H3. The number of amides is 1. The van der Waals surface area contributed by atoms with Gasteiger partial charge < -0.3 is 9.84 Å². The second kappa shape index (κ2) is 6.39. The lowest BCUT2D eigenvalue weighted by Crippen LogP contribution is -2.04. The molecule has 1 aromatic rings. The topological polar surface area (TPSA) is 112 Å². The summed E-state index contributed by atoms with van der Waals surface area (Å²) in [7, 11) is 0. The highest BCUT2D eigenvalue weighted by molar-refractivity contribution is 5.96. The van der Waals surface area contributed by atoms with Gasteiger partial charge >= 0.3 is 5.97 Å². The monoisotopic (exact) mass is 249 g/mol. The molecule has 94 valence electrons. The van der Waals surface area contributed by atoms with Crippen LogP contribution in [0.4, 0.5) is 0 Å². The van der Waals surface area contributed by atoms with Crippen molar-refractivity contribution in [1.29, 1.82) is 0 Å². The molecule has 0 aliphatic rings. The van der Waals surface area contributed by atoms with Crippen molar-refractivity contribution >= 4 is 11.9 Å². The summed E-state index contributed by atoms with van der Waals surface area (Å²) < 4.78 is 4.79. The Morgan fingerprint density at radius 1 is 1.50 bits per heavy atom. The third-order valence-corrected chi connectivity index (χ3v) is 2.15. The molecule has 0 saturated carbocycles. The Morgan fingerprint density at radius 3 is 2.78 bits per heavy atom. The second-order valence-corrected chi connectivity index (χ2v) is 3.42. The molecule has 18 heavy (non-hydrogen) atoms. The maximum atomic E-state index is 11.4. The average molecular weight is 249 g/mol. The number of hydrogen-bond donors (Lipinski definition) is 1. The number of hydrogen-bond acceptors (Lipinski definition) is 4. The third-order valence-electron chi connectivity index (χ3n) is 2.15. The lowest BCUT2D eigenvalue weighted by Gasteiger charge is -2.07. The van der Waals surface area contributed by atoms with Crippen LogP contribution in [0.1, 0.15) is 28.4 Å². The molecule has 0 fully saturated rings. The summed E-state index contributed by atoms with van der Waals surface area (Å²) in [5.74, 6) is -1.18. The van der Waals surface area contributed by atoms with Gasteiger partial charge in [0.05, 0.1) is 6.61 Å². The van der Waals surface area contributed by atoms with Crippen LogP contribution < -0.4 is 0 Å². The molecule has 7 nitrogen and oxygen atoms in total. The number of aliphatic hydroxyl groups excluding tert-OH is 1. The van der Waals surface area contributed by atoms with Crippen molar-refractivity contribution < 1.29 is 19.4 Å². The fourth-order valence-electron chi connectivity index (χ4n) is 1.36. The van der Waals surface area contributed by atoms with E-state index >= 15 is 0 Å². The zero-order chi connectivity index (χ0) is 13.5. The first-order valence-corrected chi connectivity index (χ1v) is 5.04. The summed E-state index contributed by atoms with van der Waals surface area (Å²) in [6, 6.07) is 4.49. The lowest BCUT2D eigenvalue weighted by atomic mass is 10.0. The summed E-state index contributed by atoms with van der Waals surface area (Å²) in [4.78, 5) is 24.4. The Morgan fingerprint density at radius 2 is 2.22 bits per heavy atom. The normalized spacial score (nSPS) is 9.44. The number of nitrogens with zero attached hydrogens (tertiary/aromatic N) is 3. The molecular formula is C11H11N3O4. The molecule has 1 amide bonds. The van der Waals surface area contributed by atoms with E-state index < -0.39 is 11.9 Å². The lowest BCUT2D eigenvalue weighted by molar-refractivity contribution is -0.142. The van der Waals surface area contributed by atoms with E-state index in [1.807, 2.05) is 0 Å². The van der Waals surface area contributed by atoms with Gasteiger partial charge in [-0.15, -0.1) is 0 Å². The van der Waals surface area contributed by atoms with Gasteiger partial charge in [0, 0.05) is 17.4 Å². The smallest absolute Gasteiger partial charge is 0.302 e. The van der Waals surface area contributed by atoms with Crippen LogP contribution in [0.5, 0.6) is 0 Å². The van der Waals surface area contributed by atoms with Gasteiger partial charge in [-0.1, -0.05) is 12.1 Å². The Labute approximate surface area is 103 Å². The van der Waals surface area contributed by atoms with Crippen LogP contribution in [-0.4, -0.2) is 17.0 Å². The van der Waals surface area contributed by atoms with Crippen LogP contribution in [0, 0.1) is 0 Å². The minimum absolute atomic E-state index is 0.0539. The highest BCUT2D eigenvalue weighted by Gasteiger charge is 2.10. The number of azide groups is 1. The maximum Gasteiger partial charge on any atom is 0.302 e. The van der Waals surface area contributed by atoms with Gasteiger partial charge in [0.25, 0.3) is 0 Å². The molecule has 1 rings (SSSR count). The van der Waals surface area contributed by atoms with Crippen molar-refractivity contribution in [2.24, 2.45) is 5.11 Å². The Kier molecular flexibility index (Phi) is 4.86. The van der Waals surface area contributed by atoms with Crippen LogP contribution in [0.15, 0.2) is 23.3 Å². The SMILES string of the molecule is CC(=O)OCc1ccc(C(=O)N=[N+]=[N-])c(CO)c1. The van der Waals surface area contributed by atoms with Crippen molar-refractivity contribution in [3.05, 3.63) is 45.3 Å². The Bertz CT molecular complexity index is 521. The predicted octanol–water partition coefficient (Wildman–Crippen LogP) is 1.69. The summed E-state index contributed by atoms with van der Waals surface area (Å²) in [5, 5.41) is 12.1. The molecule has 0 heterocycles. The number of rotatable bonds is 4. The van der Waals surface area contributed by atoms with E-state index in [2.05, 4.69) is 10.0 Å². The highest BCUT2D eigenvalue weighted by atomic mass is 16.5. The molecule has 0 aromatic heterocycles. The van der Waals surface area contributed by atoms with Gasteiger partial charge in [-0.2, -0.15) is 0 Å². The number of esters is 1. The van der Waals surface area contributed by atoms with Crippen LogP contribution >= 0.6 is 0 Å². The van der Waals surface area contributed by atoms with E-state index in [9.17, 15) is 9.59 Å². The van der Waals surface area contributed by atoms with E-state index in [0.29, 0.717) is 11.1 Å². The molecule has 1 aromatic carbocycles. The van der Waals surface area contributed by atoms with Crippen LogP contribution in [0.25, 0.3) is 10.4 Å². The van der Waals surface area contributed by atoms with Crippen molar-refractivity contribution in [2.75, 3.05) is 0 Å². The first-order valence-electron chi connectivity index (χ1n) is 5.04. The van der Waals surface area contributed by atoms with Gasteiger partial charge in [-0.05, 0) is 27.8 Å². The Hall–Kier alpha value is -2.37. The molecule has 0 bridgehead atoms. The van der Waals surface area contributed by atoms with Crippen molar-refractivity contribution in [3.63, 3.8) is 0 Å². The molecule has 0 unspecified atom stereocenters. The first kappa shape index (κ1) is 13.7. The molecule has 1 N–H and O–H groups in total. The van der Waals surface area contributed by atoms with Gasteiger partial charge in [0.2, 0.25) is 5.91 Å². The third kappa shape index (κ3) is 3.58. The average Bonchev–Trinajstić information content (AvgIpc) is 2.36. The van der Waals surface area contributed by atoms with E-state index in [1.165, 1.54) is 19.1 Å². The molecule has 0 saturated heterocycles. The van der Waals surface area contributed by atoms with Crippen LogP contribution in [-0.2, 0) is 22.7 Å². The zero-order valence-corrected chi connectivity index (χ0v) is 9.66. The predicted molar refractivity (Wildman–Crippen MR) is 61.3 cm³/mol. The molecule has 7 heteroatoms. The molecule has 0 aliphatic heterocycles. The quantitative estimate of drug-likeness (QED) is 0.378. The van der Waals surface area contributed by atoms with Crippen LogP contribution in [0.2, 0.25) is 0 Å². The van der Waals surface area contributed by atoms with Gasteiger partial charge in [-0.25, -0.2) is 0 Å². The number of carbonyl (C=O) groups excluding carboxylic acids is 2. The van der Waals surface area contributed by atoms with E-state index in [-0.39, 0.29) is 18.8 Å². The zero-order valence-electron chi connectivity index (χ0n) is 9.66. The number of aliphatic hydroxyl groups is 1. The summed E-state index contributed by atoms with van der Waals surface area (Å²) >= 11 is 0. The van der Waals surface area contributed by atoms with Crippen molar-refractivity contribution in [2.45, 2.75) is 20.1 Å². The molecular weight excluding hydrogens is 238 g/mol. The minimum atomic E-state index is -0.763. The second-order valence-electron chi connectivity index (χ2n) is 3.42. The number of ether oxygens (including phenoxy) is 1. The first-order chi connectivity index (χ1) is 8.58. The highest BCUT2D eigenvalue weighted by Crippen LogP contribution is 2.14.